The molecule has 0 aliphatic heterocycles. The molecule has 1 rings (SSSR count). The Kier molecular flexibility index (Phi) is 3.48. The number of nitrogens with zero attached hydrogens (tertiary/aromatic N) is 1. The Morgan fingerprint density at radius 3 is 2.46 bits per heavy atom. The van der Waals surface area contributed by atoms with Crippen LogP contribution >= 0.6 is 0 Å². The molecule has 13 heavy (non-hydrogen) atoms. The van der Waals surface area contributed by atoms with Crippen molar-refractivity contribution in [3.63, 3.8) is 0 Å². The van der Waals surface area contributed by atoms with Crippen LogP contribution in [0, 0.1) is 11.3 Å². The standard InChI is InChI=1S/C11H13NO/c1-2-3-9-4-6-10(7-5-9)11(13)8-12/h4-7,11,13H,2-3H2,1H3. The summed E-state index contributed by atoms with van der Waals surface area (Å²) in [6.45, 7) is 2.12. The van der Waals surface area contributed by atoms with E-state index in [9.17, 15) is 5.11 Å². The summed E-state index contributed by atoms with van der Waals surface area (Å²) in [7, 11) is 0. The van der Waals surface area contributed by atoms with Gasteiger partial charge in [0.15, 0.2) is 6.10 Å². The molecule has 68 valence electrons. The van der Waals surface area contributed by atoms with Crippen molar-refractivity contribution >= 4 is 0 Å². The normalized spacial score (nSPS) is 12.1. The minimum atomic E-state index is -0.990. The van der Waals surface area contributed by atoms with E-state index in [-0.39, 0.29) is 0 Å². The highest BCUT2D eigenvalue weighted by atomic mass is 16.3. The van der Waals surface area contributed by atoms with Gasteiger partial charge in [0.25, 0.3) is 0 Å². The van der Waals surface area contributed by atoms with Crippen LogP contribution in [0.1, 0.15) is 30.6 Å². The Bertz CT molecular complexity index is 297. The lowest BCUT2D eigenvalue weighted by Gasteiger charge is -2.03. The van der Waals surface area contributed by atoms with Gasteiger partial charge in [-0.05, 0) is 17.5 Å². The number of rotatable bonds is 3. The SMILES string of the molecule is CCCc1ccc(C(O)C#N)cc1. The van der Waals surface area contributed by atoms with E-state index in [1.165, 1.54) is 5.56 Å². The lowest BCUT2D eigenvalue weighted by molar-refractivity contribution is 0.236. The number of hydrogen-bond donors (Lipinski definition) is 1. The third-order valence-electron chi connectivity index (χ3n) is 1.96. The van der Waals surface area contributed by atoms with Crippen LogP contribution in [-0.2, 0) is 6.42 Å². The van der Waals surface area contributed by atoms with Gasteiger partial charge in [-0.25, -0.2) is 0 Å². The largest absolute Gasteiger partial charge is 0.374 e. The average molecular weight is 175 g/mol. The number of nitriles is 1. The van der Waals surface area contributed by atoms with Crippen molar-refractivity contribution < 1.29 is 5.11 Å². The van der Waals surface area contributed by atoms with E-state index in [4.69, 9.17) is 5.26 Å². The monoisotopic (exact) mass is 175 g/mol. The lowest BCUT2D eigenvalue weighted by Crippen LogP contribution is -1.93. The molecule has 0 aromatic heterocycles. The molecule has 0 saturated heterocycles. The third kappa shape index (κ3) is 2.57. The van der Waals surface area contributed by atoms with Crippen LogP contribution in [0.15, 0.2) is 24.3 Å². The molecule has 0 radical (unpaired) electrons. The molecule has 0 heterocycles. The summed E-state index contributed by atoms with van der Waals surface area (Å²) < 4.78 is 0. The molecule has 0 spiro atoms. The van der Waals surface area contributed by atoms with Crippen LogP contribution in [0.25, 0.3) is 0 Å². The van der Waals surface area contributed by atoms with Crippen LogP contribution in [0.4, 0.5) is 0 Å². The van der Waals surface area contributed by atoms with Gasteiger partial charge in [-0.1, -0.05) is 37.6 Å². The molecule has 2 nitrogen and oxygen atoms in total. The summed E-state index contributed by atoms with van der Waals surface area (Å²) >= 11 is 0. The van der Waals surface area contributed by atoms with Crippen molar-refractivity contribution in [2.24, 2.45) is 0 Å². The second kappa shape index (κ2) is 4.64. The molecule has 0 saturated carbocycles. The number of hydrogen-bond acceptors (Lipinski definition) is 2. The van der Waals surface area contributed by atoms with Crippen molar-refractivity contribution in [3.05, 3.63) is 35.4 Å². The zero-order valence-electron chi connectivity index (χ0n) is 7.70. The van der Waals surface area contributed by atoms with Crippen molar-refractivity contribution in [1.29, 1.82) is 5.26 Å². The van der Waals surface area contributed by atoms with Crippen LogP contribution < -0.4 is 0 Å². The highest BCUT2D eigenvalue weighted by molar-refractivity contribution is 5.26. The van der Waals surface area contributed by atoms with Gasteiger partial charge in [0, 0.05) is 0 Å². The first-order valence-corrected chi connectivity index (χ1v) is 4.44. The number of aliphatic hydroxyl groups excluding tert-OH is 1. The Hall–Kier alpha value is -1.33. The summed E-state index contributed by atoms with van der Waals surface area (Å²) in [6, 6.07) is 9.31. The molecule has 0 amide bonds. The molecule has 1 atom stereocenters. The number of aliphatic hydroxyl groups is 1. The van der Waals surface area contributed by atoms with Gasteiger partial charge in [0.1, 0.15) is 0 Å². The molecule has 0 bridgehead atoms. The summed E-state index contributed by atoms with van der Waals surface area (Å²) in [5.41, 5.74) is 1.92. The lowest BCUT2D eigenvalue weighted by atomic mass is 10.1. The van der Waals surface area contributed by atoms with Gasteiger partial charge in [-0.2, -0.15) is 5.26 Å². The minimum absolute atomic E-state index is 0.669. The van der Waals surface area contributed by atoms with Crippen LogP contribution in [-0.4, -0.2) is 5.11 Å². The van der Waals surface area contributed by atoms with Crippen LogP contribution in [0.2, 0.25) is 0 Å². The average Bonchev–Trinajstić information content (AvgIpc) is 2.18. The predicted octanol–water partition coefficient (Wildman–Crippen LogP) is 2.20. The Morgan fingerprint density at radius 2 is 2.00 bits per heavy atom. The molecule has 1 aromatic carbocycles. The topological polar surface area (TPSA) is 44.0 Å². The van der Waals surface area contributed by atoms with Crippen molar-refractivity contribution in [1.82, 2.24) is 0 Å². The number of aryl methyl sites for hydroxylation is 1. The maximum Gasteiger partial charge on any atom is 0.165 e. The van der Waals surface area contributed by atoms with Crippen LogP contribution in [0.3, 0.4) is 0 Å². The predicted molar refractivity (Wildman–Crippen MR) is 51.0 cm³/mol. The third-order valence-corrected chi connectivity index (χ3v) is 1.96. The summed E-state index contributed by atoms with van der Waals surface area (Å²) in [5.74, 6) is 0. The first-order chi connectivity index (χ1) is 6.27. The fraction of sp³-hybridized carbons (Fsp3) is 0.364. The quantitative estimate of drug-likeness (QED) is 0.716. The van der Waals surface area contributed by atoms with Gasteiger partial charge >= 0.3 is 0 Å². The molecule has 0 fully saturated rings. The second-order valence-electron chi connectivity index (χ2n) is 3.02. The van der Waals surface area contributed by atoms with Gasteiger partial charge in [0.05, 0.1) is 6.07 Å². The van der Waals surface area contributed by atoms with Crippen molar-refractivity contribution in [3.8, 4) is 6.07 Å². The summed E-state index contributed by atoms with van der Waals surface area (Å²) in [6.07, 6.45) is 1.17. The zero-order chi connectivity index (χ0) is 9.68. The first kappa shape index (κ1) is 9.76. The van der Waals surface area contributed by atoms with Gasteiger partial charge in [0.2, 0.25) is 0 Å². The van der Waals surface area contributed by atoms with Crippen molar-refractivity contribution in [2.45, 2.75) is 25.9 Å². The maximum absolute atomic E-state index is 9.19. The Morgan fingerprint density at radius 1 is 1.38 bits per heavy atom. The van der Waals surface area contributed by atoms with Crippen molar-refractivity contribution in [2.75, 3.05) is 0 Å². The Labute approximate surface area is 78.4 Å². The maximum atomic E-state index is 9.19. The molecule has 0 aliphatic carbocycles. The first-order valence-electron chi connectivity index (χ1n) is 4.44. The fourth-order valence-electron chi connectivity index (χ4n) is 1.23. The smallest absolute Gasteiger partial charge is 0.165 e. The molecule has 0 aliphatic rings. The van der Waals surface area contributed by atoms with Gasteiger partial charge in [-0.3, -0.25) is 0 Å². The molecular weight excluding hydrogens is 162 g/mol. The zero-order valence-corrected chi connectivity index (χ0v) is 7.70. The highest BCUT2D eigenvalue weighted by Gasteiger charge is 2.03. The minimum Gasteiger partial charge on any atom is -0.374 e. The molecular formula is C11H13NO. The Balaban J connectivity index is 2.76. The summed E-state index contributed by atoms with van der Waals surface area (Å²) in [5, 5.41) is 17.6. The van der Waals surface area contributed by atoms with E-state index in [0.717, 1.165) is 12.8 Å². The fourth-order valence-corrected chi connectivity index (χ4v) is 1.23. The van der Waals surface area contributed by atoms with E-state index in [1.807, 2.05) is 12.1 Å². The van der Waals surface area contributed by atoms with E-state index in [1.54, 1.807) is 18.2 Å². The summed E-state index contributed by atoms with van der Waals surface area (Å²) in [4.78, 5) is 0. The van der Waals surface area contributed by atoms with E-state index < -0.39 is 6.10 Å². The van der Waals surface area contributed by atoms with Gasteiger partial charge < -0.3 is 5.11 Å². The molecule has 2 heteroatoms. The molecule has 1 N–H and O–H groups in total. The highest BCUT2D eigenvalue weighted by Crippen LogP contribution is 2.13. The molecule has 1 unspecified atom stereocenters. The van der Waals surface area contributed by atoms with Crippen LogP contribution in [0.5, 0.6) is 0 Å². The second-order valence-corrected chi connectivity index (χ2v) is 3.02. The van der Waals surface area contributed by atoms with E-state index >= 15 is 0 Å². The van der Waals surface area contributed by atoms with E-state index in [2.05, 4.69) is 6.92 Å². The molecule has 1 aromatic rings. The van der Waals surface area contributed by atoms with E-state index in [0.29, 0.717) is 5.56 Å². The van der Waals surface area contributed by atoms with Gasteiger partial charge in [-0.15, -0.1) is 0 Å². The number of benzene rings is 1.